The van der Waals surface area contributed by atoms with Crippen LogP contribution < -0.4 is 21.3 Å². The lowest BCUT2D eigenvalue weighted by molar-refractivity contribution is -0.142. The van der Waals surface area contributed by atoms with Crippen molar-refractivity contribution in [3.05, 3.63) is 0 Å². The first-order valence-corrected chi connectivity index (χ1v) is 19.0. The largest absolute Gasteiger partial charge is 0.481 e. The Morgan fingerprint density at radius 1 is 0.462 bits per heavy atom. The summed E-state index contributed by atoms with van der Waals surface area (Å²) in [6.45, 7) is 5.79. The maximum absolute atomic E-state index is 12.2. The van der Waals surface area contributed by atoms with Gasteiger partial charge >= 0.3 is 11.9 Å². The third-order valence-electron chi connectivity index (χ3n) is 7.72. The Morgan fingerprint density at radius 3 is 1.38 bits per heavy atom. The molecular weight excluding hydrogens is 680 g/mol. The highest BCUT2D eigenvalue weighted by molar-refractivity contribution is 5.83. The van der Waals surface area contributed by atoms with Crippen molar-refractivity contribution in [2.75, 3.05) is 72.5 Å². The Morgan fingerprint density at radius 2 is 0.904 bits per heavy atom. The summed E-state index contributed by atoms with van der Waals surface area (Å²) in [5.41, 5.74) is 0. The van der Waals surface area contributed by atoms with Crippen LogP contribution in [0.25, 0.3) is 0 Å². The summed E-state index contributed by atoms with van der Waals surface area (Å²) in [5, 5.41) is 29.0. The molecule has 0 heterocycles. The highest BCUT2D eigenvalue weighted by atomic mass is 16.5. The first kappa shape index (κ1) is 48.7. The lowest BCUT2D eigenvalue weighted by Crippen LogP contribution is -2.40. The van der Waals surface area contributed by atoms with Crippen molar-refractivity contribution in [1.29, 1.82) is 0 Å². The Bertz CT molecular complexity index is 970. The molecule has 0 spiro atoms. The molecule has 16 heteroatoms. The molecule has 0 bridgehead atoms. The summed E-state index contributed by atoms with van der Waals surface area (Å²) >= 11 is 0. The van der Waals surface area contributed by atoms with E-state index in [4.69, 9.17) is 24.1 Å². The van der Waals surface area contributed by atoms with E-state index in [9.17, 15) is 33.9 Å². The molecule has 6 N–H and O–H groups in total. The highest BCUT2D eigenvalue weighted by Gasteiger charge is 2.19. The van der Waals surface area contributed by atoms with E-state index in [2.05, 4.69) is 21.3 Å². The van der Waals surface area contributed by atoms with Gasteiger partial charge in [-0.25, -0.2) is 4.79 Å². The van der Waals surface area contributed by atoms with Gasteiger partial charge in [-0.05, 0) is 38.5 Å². The molecule has 0 rings (SSSR count). The molecule has 0 aromatic rings. The topological polar surface area (TPSA) is 228 Å². The molecule has 0 aromatic heterocycles. The molecule has 302 valence electrons. The predicted octanol–water partition coefficient (Wildman–Crippen LogP) is 2.71. The van der Waals surface area contributed by atoms with Crippen LogP contribution in [0.3, 0.4) is 0 Å². The van der Waals surface area contributed by atoms with Crippen LogP contribution in [0.2, 0.25) is 0 Å². The van der Waals surface area contributed by atoms with Crippen molar-refractivity contribution in [2.24, 2.45) is 0 Å². The number of rotatable bonds is 38. The zero-order chi connectivity index (χ0) is 38.5. The second-order valence-electron chi connectivity index (χ2n) is 12.4. The minimum atomic E-state index is -1.08. The quantitative estimate of drug-likeness (QED) is 0.0502. The summed E-state index contributed by atoms with van der Waals surface area (Å²) in [6, 6.07) is -0.957. The van der Waals surface area contributed by atoms with Gasteiger partial charge in [0.1, 0.15) is 6.04 Å². The average molecular weight is 747 g/mol. The number of hydrogen-bond acceptors (Lipinski definition) is 10. The Hall–Kier alpha value is -3.34. The van der Waals surface area contributed by atoms with Crippen LogP contribution in [0.1, 0.15) is 116 Å². The molecule has 0 saturated heterocycles. The van der Waals surface area contributed by atoms with E-state index in [1.54, 1.807) is 0 Å². The summed E-state index contributed by atoms with van der Waals surface area (Å²) in [5.74, 6) is -2.41. The maximum Gasteiger partial charge on any atom is 0.326 e. The number of ether oxygens (including phenoxy) is 4. The van der Waals surface area contributed by atoms with Crippen molar-refractivity contribution < 1.29 is 57.9 Å². The number of carboxylic acids is 2. The fourth-order valence-corrected chi connectivity index (χ4v) is 4.84. The summed E-state index contributed by atoms with van der Waals surface area (Å²) in [4.78, 5) is 69.5. The van der Waals surface area contributed by atoms with Crippen LogP contribution >= 0.6 is 0 Å². The molecule has 0 radical (unpaired) electrons. The molecule has 52 heavy (non-hydrogen) atoms. The zero-order valence-corrected chi connectivity index (χ0v) is 31.4. The number of amides is 4. The van der Waals surface area contributed by atoms with Gasteiger partial charge in [-0.3, -0.25) is 24.0 Å². The predicted molar refractivity (Wildman–Crippen MR) is 194 cm³/mol. The molecule has 0 saturated carbocycles. The van der Waals surface area contributed by atoms with E-state index >= 15 is 0 Å². The fourth-order valence-electron chi connectivity index (χ4n) is 4.84. The third kappa shape index (κ3) is 35.1. The molecule has 1 atom stereocenters. The van der Waals surface area contributed by atoms with Crippen molar-refractivity contribution in [1.82, 2.24) is 21.3 Å². The molecule has 0 unspecified atom stereocenters. The van der Waals surface area contributed by atoms with Crippen molar-refractivity contribution >= 4 is 35.6 Å². The Kier molecular flexibility index (Phi) is 33.7. The molecular formula is C36H66N4O12. The SMILES string of the molecule is CCCC(=O)NCCOCCOCCC(=O)NCCOCCOCCC(=O)NCCCC[C@H](NC(=O)CCCCCCCCCCC(=O)O)C(=O)O. The van der Waals surface area contributed by atoms with Gasteiger partial charge in [-0.2, -0.15) is 0 Å². The molecule has 0 aliphatic heterocycles. The van der Waals surface area contributed by atoms with Crippen LogP contribution in [0.5, 0.6) is 0 Å². The number of unbranched alkanes of at least 4 members (excludes halogenated alkanes) is 8. The van der Waals surface area contributed by atoms with Crippen LogP contribution in [0.15, 0.2) is 0 Å². The minimum Gasteiger partial charge on any atom is -0.481 e. The molecule has 0 fully saturated rings. The number of carbonyl (C=O) groups is 6. The van der Waals surface area contributed by atoms with E-state index in [0.717, 1.165) is 44.9 Å². The Balaban J connectivity index is 3.60. The van der Waals surface area contributed by atoms with Gasteiger partial charge in [0, 0.05) is 51.7 Å². The Labute approximate surface area is 309 Å². The van der Waals surface area contributed by atoms with Crippen molar-refractivity contribution in [3.63, 3.8) is 0 Å². The second kappa shape index (κ2) is 36.0. The molecule has 16 nitrogen and oxygen atoms in total. The van der Waals surface area contributed by atoms with Gasteiger partial charge in [0.05, 0.1) is 52.9 Å². The average Bonchev–Trinajstić information content (AvgIpc) is 3.10. The van der Waals surface area contributed by atoms with Crippen molar-refractivity contribution in [3.8, 4) is 0 Å². The lowest BCUT2D eigenvalue weighted by atomic mass is 10.1. The van der Waals surface area contributed by atoms with E-state index < -0.39 is 18.0 Å². The number of carboxylic acid groups (broad SMARTS) is 2. The smallest absolute Gasteiger partial charge is 0.326 e. The number of aliphatic carboxylic acids is 2. The summed E-state index contributed by atoms with van der Waals surface area (Å²) < 4.78 is 21.6. The highest BCUT2D eigenvalue weighted by Crippen LogP contribution is 2.11. The number of nitrogens with one attached hydrogen (secondary N) is 4. The van der Waals surface area contributed by atoms with Crippen LogP contribution in [0, 0.1) is 0 Å². The minimum absolute atomic E-state index is 0.0164. The fraction of sp³-hybridized carbons (Fsp3) is 0.833. The van der Waals surface area contributed by atoms with E-state index in [-0.39, 0.29) is 68.9 Å². The summed E-state index contributed by atoms with van der Waals surface area (Å²) in [6.07, 6.45) is 10.9. The number of hydrogen-bond donors (Lipinski definition) is 6. The van der Waals surface area contributed by atoms with Gasteiger partial charge in [-0.1, -0.05) is 45.4 Å². The van der Waals surface area contributed by atoms with E-state index in [0.29, 0.717) is 91.4 Å². The van der Waals surface area contributed by atoms with Gasteiger partial charge in [0.15, 0.2) is 0 Å². The van der Waals surface area contributed by atoms with Gasteiger partial charge in [0.2, 0.25) is 23.6 Å². The van der Waals surface area contributed by atoms with Gasteiger partial charge in [0.25, 0.3) is 0 Å². The summed E-state index contributed by atoms with van der Waals surface area (Å²) in [7, 11) is 0. The third-order valence-corrected chi connectivity index (χ3v) is 7.72. The van der Waals surface area contributed by atoms with Crippen LogP contribution in [-0.4, -0.2) is 124 Å². The first-order chi connectivity index (χ1) is 25.1. The van der Waals surface area contributed by atoms with E-state index in [1.807, 2.05) is 6.92 Å². The van der Waals surface area contributed by atoms with Crippen LogP contribution in [-0.2, 0) is 47.7 Å². The zero-order valence-electron chi connectivity index (χ0n) is 31.4. The lowest BCUT2D eigenvalue weighted by Gasteiger charge is -2.14. The number of carbonyl (C=O) groups excluding carboxylic acids is 4. The molecule has 4 amide bonds. The molecule has 0 aromatic carbocycles. The standard InChI is InChI=1S/C36H66N4O12/c1-2-13-31(41)38-20-24-51-28-27-50-23-18-33(43)39-21-25-52-29-26-49-22-17-32(42)37-19-12-11-14-30(36(47)48)40-34(44)15-9-7-5-3-4-6-8-10-16-35(45)46/h30H,2-29H2,1H3,(H,37,42)(H,38,41)(H,39,43)(H,40,44)(H,45,46)(H,47,48)/t30-/m0/s1. The second-order valence-corrected chi connectivity index (χ2v) is 12.4. The molecule has 0 aliphatic rings. The molecule has 0 aliphatic carbocycles. The monoisotopic (exact) mass is 746 g/mol. The normalized spacial score (nSPS) is 11.5. The maximum atomic E-state index is 12.2. The first-order valence-electron chi connectivity index (χ1n) is 19.0. The van der Waals surface area contributed by atoms with Crippen LogP contribution in [0.4, 0.5) is 0 Å². The van der Waals surface area contributed by atoms with E-state index in [1.165, 1.54) is 0 Å². The van der Waals surface area contributed by atoms with Gasteiger partial charge in [-0.15, -0.1) is 0 Å². The van der Waals surface area contributed by atoms with Gasteiger partial charge < -0.3 is 50.4 Å². The van der Waals surface area contributed by atoms with Crippen molar-refractivity contribution in [2.45, 2.75) is 122 Å².